The molecule has 0 amide bonds. The van der Waals surface area contributed by atoms with Crippen molar-refractivity contribution in [3.63, 3.8) is 0 Å². The predicted octanol–water partition coefficient (Wildman–Crippen LogP) is 3.65. The molecule has 19 heavy (non-hydrogen) atoms. The number of rotatable bonds is 4. The molecule has 2 rings (SSSR count). The van der Waals surface area contributed by atoms with E-state index in [1.54, 1.807) is 0 Å². The number of imidazole rings is 1. The first-order valence-corrected chi connectivity index (χ1v) is 8.05. The molecule has 1 fully saturated rings. The van der Waals surface area contributed by atoms with Crippen molar-refractivity contribution in [1.29, 1.82) is 0 Å². The van der Waals surface area contributed by atoms with Crippen LogP contribution in [0.4, 0.5) is 0 Å². The molecule has 1 aliphatic rings. The van der Waals surface area contributed by atoms with Crippen LogP contribution in [0.5, 0.6) is 0 Å². The summed E-state index contributed by atoms with van der Waals surface area (Å²) in [7, 11) is 0. The number of nitrogens with zero attached hydrogens (tertiary/aromatic N) is 2. The molecule has 0 saturated heterocycles. The Morgan fingerprint density at radius 2 is 2.00 bits per heavy atom. The first-order valence-electron chi connectivity index (χ1n) is 7.07. The van der Waals surface area contributed by atoms with Gasteiger partial charge in [-0.1, -0.05) is 43.9 Å². The Bertz CT molecular complexity index is 423. The summed E-state index contributed by atoms with van der Waals surface area (Å²) >= 11 is 1.33. The summed E-state index contributed by atoms with van der Waals surface area (Å²) in [6.07, 6.45) is 10.8. The number of aryl methyl sites for hydroxylation is 1. The SMILES string of the molecule is Cc1cnc(SCC(=O)O)n1C1CCCCCCC1. The molecular formula is C14H22N2O2S. The molecule has 1 aliphatic carbocycles. The van der Waals surface area contributed by atoms with Crippen LogP contribution in [-0.2, 0) is 4.79 Å². The summed E-state index contributed by atoms with van der Waals surface area (Å²) in [6, 6.07) is 0.499. The maximum absolute atomic E-state index is 10.7. The fourth-order valence-corrected chi connectivity index (χ4v) is 3.61. The van der Waals surface area contributed by atoms with E-state index in [0.717, 1.165) is 10.9 Å². The number of aliphatic carboxylic acids is 1. The minimum atomic E-state index is -0.783. The molecule has 1 saturated carbocycles. The molecule has 106 valence electrons. The second kappa shape index (κ2) is 6.98. The number of hydrogen-bond donors (Lipinski definition) is 1. The van der Waals surface area contributed by atoms with Gasteiger partial charge >= 0.3 is 5.97 Å². The fraction of sp³-hybridized carbons (Fsp3) is 0.714. The number of carbonyl (C=O) groups is 1. The van der Waals surface area contributed by atoms with E-state index in [2.05, 4.69) is 16.5 Å². The third-order valence-corrected chi connectivity index (χ3v) is 4.66. The average Bonchev–Trinajstić information content (AvgIpc) is 2.68. The quantitative estimate of drug-likeness (QED) is 0.856. The molecule has 4 nitrogen and oxygen atoms in total. The van der Waals surface area contributed by atoms with Gasteiger partial charge in [0, 0.05) is 17.9 Å². The minimum Gasteiger partial charge on any atom is -0.481 e. The van der Waals surface area contributed by atoms with E-state index in [1.807, 2.05) is 6.20 Å². The first-order chi connectivity index (χ1) is 9.18. The Kier molecular flexibility index (Phi) is 5.31. The first kappa shape index (κ1) is 14.4. The van der Waals surface area contributed by atoms with Gasteiger partial charge in [0.15, 0.2) is 5.16 Å². The van der Waals surface area contributed by atoms with Gasteiger partial charge in [-0.3, -0.25) is 4.79 Å². The van der Waals surface area contributed by atoms with E-state index in [-0.39, 0.29) is 5.75 Å². The Balaban J connectivity index is 2.11. The average molecular weight is 282 g/mol. The van der Waals surface area contributed by atoms with E-state index >= 15 is 0 Å². The van der Waals surface area contributed by atoms with Gasteiger partial charge in [0.2, 0.25) is 0 Å². The Labute approximate surface area is 118 Å². The smallest absolute Gasteiger partial charge is 0.313 e. The van der Waals surface area contributed by atoms with Gasteiger partial charge in [-0.05, 0) is 19.8 Å². The normalized spacial score (nSPS) is 17.9. The Morgan fingerprint density at radius 1 is 1.37 bits per heavy atom. The molecule has 1 N–H and O–H groups in total. The number of hydrogen-bond acceptors (Lipinski definition) is 3. The highest BCUT2D eigenvalue weighted by molar-refractivity contribution is 7.99. The summed E-state index contributed by atoms with van der Waals surface area (Å²) < 4.78 is 2.26. The van der Waals surface area contributed by atoms with E-state index in [1.165, 1.54) is 56.7 Å². The zero-order chi connectivity index (χ0) is 13.7. The van der Waals surface area contributed by atoms with Crippen LogP contribution in [-0.4, -0.2) is 26.4 Å². The largest absolute Gasteiger partial charge is 0.481 e. The van der Waals surface area contributed by atoms with Crippen LogP contribution in [0.1, 0.15) is 56.7 Å². The molecule has 0 aliphatic heterocycles. The van der Waals surface area contributed by atoms with Crippen LogP contribution in [0.3, 0.4) is 0 Å². The second-order valence-electron chi connectivity index (χ2n) is 5.23. The van der Waals surface area contributed by atoms with Crippen LogP contribution in [0.15, 0.2) is 11.4 Å². The fourth-order valence-electron chi connectivity index (χ4n) is 2.79. The van der Waals surface area contributed by atoms with Crippen molar-refractivity contribution in [2.75, 3.05) is 5.75 Å². The number of aromatic nitrogens is 2. The summed E-state index contributed by atoms with van der Waals surface area (Å²) in [4.78, 5) is 15.1. The van der Waals surface area contributed by atoms with Crippen molar-refractivity contribution in [2.24, 2.45) is 0 Å². The number of carboxylic acids is 1. The van der Waals surface area contributed by atoms with Gasteiger partial charge in [-0.2, -0.15) is 0 Å². The van der Waals surface area contributed by atoms with Gasteiger partial charge in [-0.15, -0.1) is 0 Å². The summed E-state index contributed by atoms with van der Waals surface area (Å²) in [6.45, 7) is 2.07. The second-order valence-corrected chi connectivity index (χ2v) is 6.18. The highest BCUT2D eigenvalue weighted by Gasteiger charge is 2.19. The zero-order valence-corrected chi connectivity index (χ0v) is 12.3. The van der Waals surface area contributed by atoms with Crippen molar-refractivity contribution >= 4 is 17.7 Å². The molecule has 0 aromatic carbocycles. The molecule has 1 aromatic rings. The van der Waals surface area contributed by atoms with Gasteiger partial charge in [0.25, 0.3) is 0 Å². The molecule has 0 atom stereocenters. The Morgan fingerprint density at radius 3 is 2.63 bits per heavy atom. The van der Waals surface area contributed by atoms with Crippen LogP contribution in [0, 0.1) is 6.92 Å². The Hall–Kier alpha value is -0.970. The molecular weight excluding hydrogens is 260 g/mol. The summed E-state index contributed by atoms with van der Waals surface area (Å²) in [5.74, 6) is -0.696. The molecule has 0 bridgehead atoms. The van der Waals surface area contributed by atoms with Crippen molar-refractivity contribution in [1.82, 2.24) is 9.55 Å². The molecule has 0 spiro atoms. The monoisotopic (exact) mass is 282 g/mol. The highest BCUT2D eigenvalue weighted by atomic mass is 32.2. The van der Waals surface area contributed by atoms with E-state index in [0.29, 0.717) is 6.04 Å². The molecule has 0 unspecified atom stereocenters. The third kappa shape index (κ3) is 4.00. The highest BCUT2D eigenvalue weighted by Crippen LogP contribution is 2.31. The van der Waals surface area contributed by atoms with Crippen molar-refractivity contribution in [2.45, 2.75) is 63.1 Å². The summed E-state index contributed by atoms with van der Waals surface area (Å²) in [5, 5.41) is 9.67. The maximum Gasteiger partial charge on any atom is 0.313 e. The predicted molar refractivity (Wildman–Crippen MR) is 76.7 cm³/mol. The van der Waals surface area contributed by atoms with Crippen LogP contribution in [0.25, 0.3) is 0 Å². The van der Waals surface area contributed by atoms with Crippen molar-refractivity contribution in [3.05, 3.63) is 11.9 Å². The van der Waals surface area contributed by atoms with E-state index in [9.17, 15) is 4.79 Å². The standard InChI is InChI=1S/C14H22N2O2S/c1-11-9-15-14(19-10-13(17)18)16(11)12-7-5-3-2-4-6-8-12/h9,12H,2-8,10H2,1H3,(H,17,18). The summed E-state index contributed by atoms with van der Waals surface area (Å²) in [5.41, 5.74) is 1.15. The molecule has 1 heterocycles. The topological polar surface area (TPSA) is 55.1 Å². The maximum atomic E-state index is 10.7. The van der Waals surface area contributed by atoms with Crippen LogP contribution >= 0.6 is 11.8 Å². The lowest BCUT2D eigenvalue weighted by molar-refractivity contribution is -0.133. The third-order valence-electron chi connectivity index (χ3n) is 3.71. The molecule has 5 heteroatoms. The van der Waals surface area contributed by atoms with Crippen molar-refractivity contribution in [3.8, 4) is 0 Å². The lowest BCUT2D eigenvalue weighted by Crippen LogP contribution is -2.14. The van der Waals surface area contributed by atoms with E-state index in [4.69, 9.17) is 5.11 Å². The van der Waals surface area contributed by atoms with Gasteiger partial charge in [0.1, 0.15) is 0 Å². The number of thioether (sulfide) groups is 1. The lowest BCUT2D eigenvalue weighted by Gasteiger charge is -2.24. The van der Waals surface area contributed by atoms with Crippen LogP contribution < -0.4 is 0 Å². The lowest BCUT2D eigenvalue weighted by atomic mass is 9.96. The van der Waals surface area contributed by atoms with E-state index < -0.39 is 5.97 Å². The zero-order valence-electron chi connectivity index (χ0n) is 11.5. The molecule has 1 aromatic heterocycles. The van der Waals surface area contributed by atoms with Gasteiger partial charge in [0.05, 0.1) is 5.75 Å². The van der Waals surface area contributed by atoms with Crippen LogP contribution in [0.2, 0.25) is 0 Å². The van der Waals surface area contributed by atoms with Crippen molar-refractivity contribution < 1.29 is 9.90 Å². The van der Waals surface area contributed by atoms with Gasteiger partial charge < -0.3 is 9.67 Å². The molecule has 0 radical (unpaired) electrons. The number of carboxylic acid groups (broad SMARTS) is 1. The minimum absolute atomic E-state index is 0.0865. The van der Waals surface area contributed by atoms with Gasteiger partial charge in [-0.25, -0.2) is 4.98 Å².